The van der Waals surface area contributed by atoms with Gasteiger partial charge in [0.05, 0.1) is 11.1 Å². The summed E-state index contributed by atoms with van der Waals surface area (Å²) in [5.41, 5.74) is 1.09. The van der Waals surface area contributed by atoms with Crippen molar-refractivity contribution in [2.24, 2.45) is 5.92 Å². The van der Waals surface area contributed by atoms with Crippen molar-refractivity contribution in [3.05, 3.63) is 35.4 Å². The van der Waals surface area contributed by atoms with Crippen LogP contribution in [0.4, 0.5) is 0 Å². The van der Waals surface area contributed by atoms with Crippen LogP contribution in [0.1, 0.15) is 46.9 Å². The summed E-state index contributed by atoms with van der Waals surface area (Å²) in [6.07, 6.45) is 3.46. The fourth-order valence-corrected chi connectivity index (χ4v) is 2.81. The molecule has 1 aromatic rings. The van der Waals surface area contributed by atoms with E-state index in [-0.39, 0.29) is 17.9 Å². The summed E-state index contributed by atoms with van der Waals surface area (Å²) < 4.78 is 0. The van der Waals surface area contributed by atoms with Crippen LogP contribution in [0.15, 0.2) is 24.3 Å². The highest BCUT2D eigenvalue weighted by Crippen LogP contribution is 2.34. The molecule has 4 heteroatoms. The molecule has 0 saturated heterocycles. The average Bonchev–Trinajstić information content (AvgIpc) is 3.28. The monoisotopic (exact) mass is 272 g/mol. The number of benzene rings is 1. The Kier molecular flexibility index (Phi) is 3.57. The maximum absolute atomic E-state index is 12.3. The van der Waals surface area contributed by atoms with Crippen LogP contribution in [0.5, 0.6) is 0 Å². The van der Waals surface area contributed by atoms with Crippen LogP contribution in [0.3, 0.4) is 0 Å². The molecule has 1 aliphatic heterocycles. The van der Waals surface area contributed by atoms with E-state index in [2.05, 4.69) is 12.2 Å². The SMILES string of the molecule is CCCNC(CN1C(=O)c2ccccc2C1=O)C1CC1. The van der Waals surface area contributed by atoms with Crippen molar-refractivity contribution in [3.63, 3.8) is 0 Å². The molecule has 1 N–H and O–H groups in total. The lowest BCUT2D eigenvalue weighted by molar-refractivity contribution is 0.0634. The Balaban J connectivity index is 1.75. The molecule has 0 spiro atoms. The Morgan fingerprint density at radius 2 is 1.80 bits per heavy atom. The molecule has 0 radical (unpaired) electrons. The van der Waals surface area contributed by atoms with Crippen LogP contribution in [0.2, 0.25) is 0 Å². The summed E-state index contributed by atoms with van der Waals surface area (Å²) in [5, 5.41) is 3.48. The van der Waals surface area contributed by atoms with Crippen LogP contribution >= 0.6 is 0 Å². The lowest BCUT2D eigenvalue weighted by Crippen LogP contribution is -2.45. The van der Waals surface area contributed by atoms with Crippen LogP contribution in [0, 0.1) is 5.92 Å². The molecule has 1 aromatic carbocycles. The molecule has 2 amide bonds. The first-order chi connectivity index (χ1) is 9.72. The minimum Gasteiger partial charge on any atom is -0.312 e. The first kappa shape index (κ1) is 13.3. The maximum atomic E-state index is 12.3. The number of rotatable bonds is 6. The van der Waals surface area contributed by atoms with Gasteiger partial charge in [-0.15, -0.1) is 0 Å². The van der Waals surface area contributed by atoms with Gasteiger partial charge in [0, 0.05) is 12.6 Å². The van der Waals surface area contributed by atoms with Gasteiger partial charge in [-0.25, -0.2) is 0 Å². The van der Waals surface area contributed by atoms with Crippen molar-refractivity contribution in [1.29, 1.82) is 0 Å². The van der Waals surface area contributed by atoms with E-state index >= 15 is 0 Å². The van der Waals surface area contributed by atoms with Gasteiger partial charge in [-0.3, -0.25) is 14.5 Å². The van der Waals surface area contributed by atoms with Gasteiger partial charge in [-0.05, 0) is 43.9 Å². The van der Waals surface area contributed by atoms with E-state index in [0.29, 0.717) is 23.6 Å². The number of hydrogen-bond acceptors (Lipinski definition) is 3. The standard InChI is InChI=1S/C16H20N2O2/c1-2-9-17-14(11-7-8-11)10-18-15(19)12-5-3-4-6-13(12)16(18)20/h3-6,11,14,17H,2,7-10H2,1H3. The molecule has 3 rings (SSSR count). The van der Waals surface area contributed by atoms with E-state index in [0.717, 1.165) is 13.0 Å². The molecule has 106 valence electrons. The zero-order valence-corrected chi connectivity index (χ0v) is 11.8. The Labute approximate surface area is 119 Å². The summed E-state index contributed by atoms with van der Waals surface area (Å²) >= 11 is 0. The molecule has 1 atom stereocenters. The number of carbonyl (C=O) groups is 2. The quantitative estimate of drug-likeness (QED) is 0.806. The van der Waals surface area contributed by atoms with E-state index in [4.69, 9.17) is 0 Å². The van der Waals surface area contributed by atoms with Gasteiger partial charge in [0.25, 0.3) is 11.8 Å². The Hall–Kier alpha value is -1.68. The zero-order chi connectivity index (χ0) is 14.1. The van der Waals surface area contributed by atoms with Crippen molar-refractivity contribution >= 4 is 11.8 Å². The van der Waals surface area contributed by atoms with Gasteiger partial charge in [0.2, 0.25) is 0 Å². The summed E-state index contributed by atoms with van der Waals surface area (Å²) in [5.74, 6) is 0.329. The third kappa shape index (κ3) is 2.36. The second kappa shape index (κ2) is 5.37. The minimum atomic E-state index is -0.144. The molecule has 1 aliphatic carbocycles. The summed E-state index contributed by atoms with van der Waals surface area (Å²) in [7, 11) is 0. The predicted molar refractivity (Wildman–Crippen MR) is 76.6 cm³/mol. The highest BCUT2D eigenvalue weighted by atomic mass is 16.2. The van der Waals surface area contributed by atoms with E-state index in [1.54, 1.807) is 24.3 Å². The molecule has 0 bridgehead atoms. The molecule has 0 aromatic heterocycles. The van der Waals surface area contributed by atoms with E-state index in [9.17, 15) is 9.59 Å². The number of amides is 2. The first-order valence-electron chi connectivity index (χ1n) is 7.41. The van der Waals surface area contributed by atoms with Crippen molar-refractivity contribution in [2.75, 3.05) is 13.1 Å². The van der Waals surface area contributed by atoms with Gasteiger partial charge in [-0.1, -0.05) is 19.1 Å². The predicted octanol–water partition coefficient (Wildman–Crippen LogP) is 2.06. The first-order valence-corrected chi connectivity index (χ1v) is 7.41. The van der Waals surface area contributed by atoms with Crippen LogP contribution in [0.25, 0.3) is 0 Å². The number of nitrogens with one attached hydrogen (secondary N) is 1. The van der Waals surface area contributed by atoms with E-state index < -0.39 is 0 Å². The third-order valence-electron chi connectivity index (χ3n) is 4.11. The van der Waals surface area contributed by atoms with E-state index in [1.165, 1.54) is 17.7 Å². The van der Waals surface area contributed by atoms with Crippen molar-refractivity contribution in [1.82, 2.24) is 10.2 Å². The normalized spacial score (nSPS) is 19.4. The second-order valence-corrected chi connectivity index (χ2v) is 5.66. The topological polar surface area (TPSA) is 49.4 Å². The molecule has 1 heterocycles. The van der Waals surface area contributed by atoms with E-state index in [1.807, 2.05) is 0 Å². The molecule has 1 saturated carbocycles. The van der Waals surface area contributed by atoms with Gasteiger partial charge < -0.3 is 5.32 Å². The van der Waals surface area contributed by atoms with Gasteiger partial charge in [-0.2, -0.15) is 0 Å². The molecule has 20 heavy (non-hydrogen) atoms. The van der Waals surface area contributed by atoms with Crippen LogP contribution in [-0.2, 0) is 0 Å². The smallest absolute Gasteiger partial charge is 0.261 e. The summed E-state index contributed by atoms with van der Waals surface area (Å²) in [6.45, 7) is 3.56. The van der Waals surface area contributed by atoms with Crippen molar-refractivity contribution < 1.29 is 9.59 Å². The Morgan fingerprint density at radius 3 is 2.30 bits per heavy atom. The average molecular weight is 272 g/mol. The largest absolute Gasteiger partial charge is 0.312 e. The number of carbonyl (C=O) groups excluding carboxylic acids is 2. The number of nitrogens with zero attached hydrogens (tertiary/aromatic N) is 1. The molecule has 4 nitrogen and oxygen atoms in total. The summed E-state index contributed by atoms with van der Waals surface area (Å²) in [6, 6.07) is 7.34. The Morgan fingerprint density at radius 1 is 1.20 bits per heavy atom. The van der Waals surface area contributed by atoms with Crippen LogP contribution in [-0.4, -0.2) is 35.8 Å². The Bertz CT molecular complexity index is 502. The van der Waals surface area contributed by atoms with Crippen molar-refractivity contribution in [2.45, 2.75) is 32.2 Å². The molecular formula is C16H20N2O2. The molecule has 2 aliphatic rings. The number of fused-ring (bicyclic) bond motifs is 1. The highest BCUT2D eigenvalue weighted by molar-refractivity contribution is 6.21. The van der Waals surface area contributed by atoms with Crippen molar-refractivity contribution in [3.8, 4) is 0 Å². The lowest BCUT2D eigenvalue weighted by Gasteiger charge is -2.23. The highest BCUT2D eigenvalue weighted by Gasteiger charge is 2.39. The third-order valence-corrected chi connectivity index (χ3v) is 4.11. The molecule has 1 unspecified atom stereocenters. The fourth-order valence-electron chi connectivity index (χ4n) is 2.81. The van der Waals surface area contributed by atoms with Gasteiger partial charge >= 0.3 is 0 Å². The fraction of sp³-hybridized carbons (Fsp3) is 0.500. The minimum absolute atomic E-state index is 0.144. The number of imide groups is 1. The lowest BCUT2D eigenvalue weighted by atomic mass is 10.1. The molecular weight excluding hydrogens is 252 g/mol. The van der Waals surface area contributed by atoms with Crippen LogP contribution < -0.4 is 5.32 Å². The zero-order valence-electron chi connectivity index (χ0n) is 11.8. The number of hydrogen-bond donors (Lipinski definition) is 1. The maximum Gasteiger partial charge on any atom is 0.261 e. The second-order valence-electron chi connectivity index (χ2n) is 5.66. The van der Waals surface area contributed by atoms with Gasteiger partial charge in [0.15, 0.2) is 0 Å². The van der Waals surface area contributed by atoms with Gasteiger partial charge in [0.1, 0.15) is 0 Å². The molecule has 1 fully saturated rings. The summed E-state index contributed by atoms with van der Waals surface area (Å²) in [4.78, 5) is 26.1.